The number of nitrogens with zero attached hydrogens (tertiary/aromatic N) is 1. The lowest BCUT2D eigenvalue weighted by Gasteiger charge is -2.27. The molecule has 1 aliphatic carbocycles. The Morgan fingerprint density at radius 1 is 1.21 bits per heavy atom. The summed E-state index contributed by atoms with van der Waals surface area (Å²) < 4.78 is 0. The average Bonchev–Trinajstić information content (AvgIpc) is 2.84. The molecule has 0 bridgehead atoms. The number of rotatable bonds is 7. The van der Waals surface area contributed by atoms with E-state index in [4.69, 9.17) is 0 Å². The van der Waals surface area contributed by atoms with Gasteiger partial charge in [0.2, 0.25) is 0 Å². The molecule has 14 heavy (non-hydrogen) atoms. The van der Waals surface area contributed by atoms with Gasteiger partial charge < -0.3 is 5.32 Å². The Morgan fingerprint density at radius 2 is 1.86 bits per heavy atom. The van der Waals surface area contributed by atoms with Crippen LogP contribution in [-0.2, 0) is 0 Å². The summed E-state index contributed by atoms with van der Waals surface area (Å²) >= 11 is 0. The molecule has 2 nitrogen and oxygen atoms in total. The molecule has 0 aromatic heterocycles. The van der Waals surface area contributed by atoms with Crippen LogP contribution in [0.3, 0.4) is 0 Å². The fraction of sp³-hybridized carbons (Fsp3) is 1.00. The fourth-order valence-corrected chi connectivity index (χ4v) is 2.05. The minimum atomic E-state index is 0.638. The molecule has 1 atom stereocenters. The van der Waals surface area contributed by atoms with E-state index in [9.17, 15) is 0 Å². The molecule has 1 unspecified atom stereocenters. The summed E-state index contributed by atoms with van der Waals surface area (Å²) in [4.78, 5) is 2.66. The topological polar surface area (TPSA) is 15.3 Å². The first-order valence-electron chi connectivity index (χ1n) is 6.11. The molecule has 0 radical (unpaired) electrons. The molecule has 0 amide bonds. The van der Waals surface area contributed by atoms with E-state index in [1.165, 1.54) is 25.9 Å². The zero-order valence-electron chi connectivity index (χ0n) is 10.2. The van der Waals surface area contributed by atoms with Crippen molar-refractivity contribution in [3.8, 4) is 0 Å². The number of hydrogen-bond acceptors (Lipinski definition) is 2. The summed E-state index contributed by atoms with van der Waals surface area (Å²) in [5.41, 5.74) is 0. The predicted octanol–water partition coefficient (Wildman–Crippen LogP) is 2.10. The van der Waals surface area contributed by atoms with Crippen LogP contribution in [0, 0.1) is 5.92 Å². The van der Waals surface area contributed by atoms with Gasteiger partial charge in [0.05, 0.1) is 0 Å². The highest BCUT2D eigenvalue weighted by molar-refractivity contribution is 4.86. The van der Waals surface area contributed by atoms with Gasteiger partial charge in [-0.05, 0) is 32.2 Å². The Bertz CT molecular complexity index is 152. The Kier molecular flexibility index (Phi) is 4.90. The Morgan fingerprint density at radius 3 is 2.29 bits per heavy atom. The van der Waals surface area contributed by atoms with Gasteiger partial charge in [-0.25, -0.2) is 0 Å². The Hall–Kier alpha value is -0.0800. The van der Waals surface area contributed by atoms with E-state index in [-0.39, 0.29) is 0 Å². The third-order valence-corrected chi connectivity index (χ3v) is 2.72. The van der Waals surface area contributed by atoms with Crippen LogP contribution < -0.4 is 5.32 Å². The van der Waals surface area contributed by atoms with Crippen molar-refractivity contribution in [2.75, 3.05) is 19.6 Å². The zero-order chi connectivity index (χ0) is 10.6. The molecule has 1 aliphatic rings. The van der Waals surface area contributed by atoms with Crippen LogP contribution >= 0.6 is 0 Å². The maximum absolute atomic E-state index is 3.49. The van der Waals surface area contributed by atoms with Crippen molar-refractivity contribution in [1.82, 2.24) is 10.2 Å². The molecule has 0 heterocycles. The summed E-state index contributed by atoms with van der Waals surface area (Å²) in [6.45, 7) is 12.7. The molecular weight excluding hydrogens is 172 g/mol. The number of nitrogens with one attached hydrogen (secondary N) is 1. The zero-order valence-corrected chi connectivity index (χ0v) is 10.2. The van der Waals surface area contributed by atoms with E-state index in [1.807, 2.05) is 0 Å². The summed E-state index contributed by atoms with van der Waals surface area (Å²) in [7, 11) is 0. The second-order valence-corrected chi connectivity index (χ2v) is 5.04. The van der Waals surface area contributed by atoms with Crippen LogP contribution in [0.5, 0.6) is 0 Å². The molecule has 0 aromatic rings. The van der Waals surface area contributed by atoms with Gasteiger partial charge in [0, 0.05) is 25.2 Å². The molecule has 0 saturated heterocycles. The van der Waals surface area contributed by atoms with Crippen molar-refractivity contribution >= 4 is 0 Å². The first-order chi connectivity index (χ1) is 6.63. The van der Waals surface area contributed by atoms with Crippen LogP contribution in [0.1, 0.15) is 40.5 Å². The highest BCUT2D eigenvalue weighted by Gasteiger charge is 2.29. The van der Waals surface area contributed by atoms with Gasteiger partial charge in [-0.1, -0.05) is 20.8 Å². The Labute approximate surface area is 89.1 Å². The molecule has 1 N–H and O–H groups in total. The normalized spacial score (nSPS) is 19.3. The minimum absolute atomic E-state index is 0.638. The molecule has 0 aromatic carbocycles. The molecule has 84 valence electrons. The first kappa shape index (κ1) is 12.0. The van der Waals surface area contributed by atoms with Crippen LogP contribution in [-0.4, -0.2) is 36.6 Å². The third kappa shape index (κ3) is 4.43. The van der Waals surface area contributed by atoms with E-state index < -0.39 is 0 Å². The molecule has 1 saturated carbocycles. The fourth-order valence-electron chi connectivity index (χ4n) is 2.05. The van der Waals surface area contributed by atoms with Gasteiger partial charge in [0.1, 0.15) is 0 Å². The minimum Gasteiger partial charge on any atom is -0.313 e. The van der Waals surface area contributed by atoms with E-state index in [0.29, 0.717) is 6.04 Å². The summed E-state index contributed by atoms with van der Waals surface area (Å²) in [6, 6.07) is 1.54. The smallest absolute Gasteiger partial charge is 0.0166 e. The lowest BCUT2D eigenvalue weighted by Crippen LogP contribution is -2.41. The standard InChI is InChI=1S/C12H26N2/c1-5-13-11(4)9-14(8-10(2)3)12-6-7-12/h10-13H,5-9H2,1-4H3. The van der Waals surface area contributed by atoms with Crippen molar-refractivity contribution in [3.63, 3.8) is 0 Å². The molecule has 0 spiro atoms. The van der Waals surface area contributed by atoms with Crippen molar-refractivity contribution < 1.29 is 0 Å². The van der Waals surface area contributed by atoms with Gasteiger partial charge in [-0.3, -0.25) is 4.90 Å². The van der Waals surface area contributed by atoms with Crippen molar-refractivity contribution in [2.45, 2.75) is 52.6 Å². The Balaban J connectivity index is 2.27. The van der Waals surface area contributed by atoms with Crippen LogP contribution in [0.2, 0.25) is 0 Å². The maximum Gasteiger partial charge on any atom is 0.0166 e. The van der Waals surface area contributed by atoms with Crippen LogP contribution in [0.15, 0.2) is 0 Å². The van der Waals surface area contributed by atoms with Gasteiger partial charge in [-0.15, -0.1) is 0 Å². The van der Waals surface area contributed by atoms with Crippen LogP contribution in [0.4, 0.5) is 0 Å². The van der Waals surface area contributed by atoms with E-state index in [0.717, 1.165) is 18.5 Å². The van der Waals surface area contributed by atoms with Crippen molar-refractivity contribution in [1.29, 1.82) is 0 Å². The largest absolute Gasteiger partial charge is 0.313 e. The molecule has 2 heteroatoms. The highest BCUT2D eigenvalue weighted by atomic mass is 15.2. The lowest BCUT2D eigenvalue weighted by atomic mass is 10.2. The average molecular weight is 198 g/mol. The predicted molar refractivity (Wildman–Crippen MR) is 62.6 cm³/mol. The van der Waals surface area contributed by atoms with E-state index in [2.05, 4.69) is 37.9 Å². The summed E-state index contributed by atoms with van der Waals surface area (Å²) in [5.74, 6) is 0.796. The summed E-state index contributed by atoms with van der Waals surface area (Å²) in [6.07, 6.45) is 2.84. The van der Waals surface area contributed by atoms with Gasteiger partial charge in [0.15, 0.2) is 0 Å². The lowest BCUT2D eigenvalue weighted by molar-refractivity contribution is 0.214. The van der Waals surface area contributed by atoms with E-state index >= 15 is 0 Å². The number of hydrogen-bond donors (Lipinski definition) is 1. The highest BCUT2D eigenvalue weighted by Crippen LogP contribution is 2.27. The SMILES string of the molecule is CCNC(C)CN(CC(C)C)C1CC1. The molecule has 1 rings (SSSR count). The number of likely N-dealkylation sites (N-methyl/N-ethyl adjacent to an activating group) is 1. The molecule has 1 fully saturated rings. The monoisotopic (exact) mass is 198 g/mol. The molecular formula is C12H26N2. The van der Waals surface area contributed by atoms with Gasteiger partial charge in [-0.2, -0.15) is 0 Å². The van der Waals surface area contributed by atoms with Crippen molar-refractivity contribution in [2.24, 2.45) is 5.92 Å². The first-order valence-corrected chi connectivity index (χ1v) is 6.11. The van der Waals surface area contributed by atoms with Crippen LogP contribution in [0.25, 0.3) is 0 Å². The quantitative estimate of drug-likeness (QED) is 0.674. The van der Waals surface area contributed by atoms with Crippen molar-refractivity contribution in [3.05, 3.63) is 0 Å². The van der Waals surface area contributed by atoms with Gasteiger partial charge >= 0.3 is 0 Å². The van der Waals surface area contributed by atoms with E-state index in [1.54, 1.807) is 0 Å². The summed E-state index contributed by atoms with van der Waals surface area (Å²) in [5, 5.41) is 3.49. The second-order valence-electron chi connectivity index (χ2n) is 5.04. The maximum atomic E-state index is 3.49. The van der Waals surface area contributed by atoms with Gasteiger partial charge in [0.25, 0.3) is 0 Å². The third-order valence-electron chi connectivity index (χ3n) is 2.72. The molecule has 0 aliphatic heterocycles. The second kappa shape index (κ2) is 5.72.